The average Bonchev–Trinajstić information content (AvgIpc) is 3.19. The van der Waals surface area contributed by atoms with Crippen LogP contribution < -0.4 is 5.32 Å². The molecule has 5 aromatic rings. The molecule has 0 radical (unpaired) electrons. The lowest BCUT2D eigenvalue weighted by Crippen LogP contribution is -2.09. The van der Waals surface area contributed by atoms with Crippen LogP contribution in [0.5, 0.6) is 0 Å². The minimum Gasteiger partial charge on any atom is -0.387 e. The van der Waals surface area contributed by atoms with Gasteiger partial charge in [0.1, 0.15) is 0 Å². The number of nitrogens with one attached hydrogen (secondary N) is 1. The molecule has 0 amide bonds. The molecule has 3 aliphatic rings. The first-order valence-electron chi connectivity index (χ1n) is 16.9. The molecule has 2 aliphatic heterocycles. The maximum Gasteiger partial charge on any atom is 0.0713 e. The maximum atomic E-state index is 5.10. The van der Waals surface area contributed by atoms with Gasteiger partial charge in [-0.1, -0.05) is 103 Å². The number of allylic oxidation sites excluding steroid dienone is 7. The topological polar surface area (TPSA) is 37.3 Å². The molecule has 0 spiro atoms. The summed E-state index contributed by atoms with van der Waals surface area (Å²) in [5, 5.41) is 3.26. The Kier molecular flexibility index (Phi) is 8.33. The Bertz CT molecular complexity index is 2140. The zero-order valence-electron chi connectivity index (χ0n) is 26.9. The minimum absolute atomic E-state index is 0.804. The van der Waals surface area contributed by atoms with E-state index in [-0.39, 0.29) is 0 Å². The van der Waals surface area contributed by atoms with Crippen LogP contribution in [0.4, 0.5) is 0 Å². The zero-order valence-corrected chi connectivity index (χ0v) is 26.9. The number of rotatable bonds is 7. The number of benzene rings is 4. The molecular weight excluding hydrogens is 583 g/mol. The van der Waals surface area contributed by atoms with E-state index in [1.807, 2.05) is 12.4 Å². The third kappa shape index (κ3) is 6.41. The number of pyridine rings is 1. The molecule has 0 saturated heterocycles. The van der Waals surface area contributed by atoms with E-state index in [0.29, 0.717) is 0 Å². The fraction of sp³-hybridized carbons (Fsp3) is 0.111. The largest absolute Gasteiger partial charge is 0.387 e. The Morgan fingerprint density at radius 3 is 1.75 bits per heavy atom. The van der Waals surface area contributed by atoms with Gasteiger partial charge in [0.05, 0.1) is 11.4 Å². The number of hydrogen-bond acceptors (Lipinski definition) is 3. The Hall–Kier alpha value is -5.80. The van der Waals surface area contributed by atoms with E-state index in [2.05, 4.69) is 156 Å². The molecule has 8 rings (SSSR count). The van der Waals surface area contributed by atoms with Gasteiger partial charge >= 0.3 is 0 Å². The summed E-state index contributed by atoms with van der Waals surface area (Å²) in [5.74, 6) is 0. The Morgan fingerprint density at radius 1 is 0.542 bits per heavy atom. The normalized spacial score (nSPS) is 15.4. The highest BCUT2D eigenvalue weighted by Crippen LogP contribution is 2.36. The van der Waals surface area contributed by atoms with Crippen molar-refractivity contribution in [2.75, 3.05) is 13.1 Å². The molecule has 3 heterocycles. The second-order valence-electron chi connectivity index (χ2n) is 12.5. The van der Waals surface area contributed by atoms with Crippen LogP contribution >= 0.6 is 0 Å². The van der Waals surface area contributed by atoms with Gasteiger partial charge in [0.25, 0.3) is 0 Å². The van der Waals surface area contributed by atoms with Crippen molar-refractivity contribution < 1.29 is 0 Å². The van der Waals surface area contributed by atoms with E-state index >= 15 is 0 Å². The van der Waals surface area contributed by atoms with Gasteiger partial charge in [-0.25, -0.2) is 4.98 Å². The van der Waals surface area contributed by atoms with Crippen molar-refractivity contribution in [1.82, 2.24) is 10.3 Å². The van der Waals surface area contributed by atoms with Crippen molar-refractivity contribution in [2.45, 2.75) is 19.3 Å². The van der Waals surface area contributed by atoms with Crippen LogP contribution in [0.2, 0.25) is 0 Å². The first-order valence-corrected chi connectivity index (χ1v) is 16.9. The molecule has 232 valence electrons. The molecule has 1 aliphatic carbocycles. The average molecular weight is 620 g/mol. The van der Waals surface area contributed by atoms with Crippen molar-refractivity contribution >= 4 is 22.9 Å². The molecule has 3 heteroatoms. The number of hydrogen-bond donors (Lipinski definition) is 1. The molecule has 3 nitrogen and oxygen atoms in total. The van der Waals surface area contributed by atoms with Gasteiger partial charge in [-0.2, -0.15) is 0 Å². The number of aromatic nitrogens is 1. The highest BCUT2D eigenvalue weighted by molar-refractivity contribution is 5.88. The molecular formula is C45H37N3. The summed E-state index contributed by atoms with van der Waals surface area (Å²) < 4.78 is 0. The Morgan fingerprint density at radius 2 is 1.17 bits per heavy atom. The predicted molar refractivity (Wildman–Crippen MR) is 203 cm³/mol. The van der Waals surface area contributed by atoms with Crippen LogP contribution in [0.1, 0.15) is 36.2 Å². The van der Waals surface area contributed by atoms with Crippen LogP contribution in [0.25, 0.3) is 61.2 Å². The summed E-state index contributed by atoms with van der Waals surface area (Å²) in [5.41, 5.74) is 16.7. The first kappa shape index (κ1) is 29.6. The molecule has 0 atom stereocenters. The number of aliphatic imine (C=N–C) groups is 1. The quantitative estimate of drug-likeness (QED) is 0.197. The van der Waals surface area contributed by atoms with Gasteiger partial charge in [-0.3, -0.25) is 4.99 Å². The fourth-order valence-corrected chi connectivity index (χ4v) is 6.69. The van der Waals surface area contributed by atoms with Gasteiger partial charge in [0.2, 0.25) is 0 Å². The summed E-state index contributed by atoms with van der Waals surface area (Å²) >= 11 is 0. The summed E-state index contributed by atoms with van der Waals surface area (Å²) in [7, 11) is 0. The van der Waals surface area contributed by atoms with Gasteiger partial charge in [-0.05, 0) is 135 Å². The van der Waals surface area contributed by atoms with Gasteiger partial charge in [0, 0.05) is 19.3 Å². The standard InChI is InChI=1S/C45H37N3/c1-3-7-32(8-4-1)34-11-13-35(14-12-34)41-27-40(33-9-5-2-6-10-33)28-42(29-41)36-15-17-37(18-16-36)43-30-44(38-19-23-46-24-20-38)48-45(31-43)39-21-25-47-26-22-39/h1-3,5-7,9-21,23,25,27-31,46H,4,8,22,24,26H2. The number of dihydropyridines is 2. The summed E-state index contributed by atoms with van der Waals surface area (Å²) in [6, 6.07) is 40.2. The highest BCUT2D eigenvalue weighted by Gasteiger charge is 2.14. The summed E-state index contributed by atoms with van der Waals surface area (Å²) in [6.07, 6.45) is 20.1. The van der Waals surface area contributed by atoms with E-state index < -0.39 is 0 Å². The lowest BCUT2D eigenvalue weighted by molar-refractivity contribution is 0.972. The van der Waals surface area contributed by atoms with Gasteiger partial charge < -0.3 is 5.32 Å². The zero-order chi connectivity index (χ0) is 32.1. The van der Waals surface area contributed by atoms with Crippen LogP contribution in [0.15, 0.2) is 157 Å². The van der Waals surface area contributed by atoms with E-state index in [0.717, 1.165) is 49.3 Å². The van der Waals surface area contributed by atoms with Crippen molar-refractivity contribution in [1.29, 1.82) is 0 Å². The van der Waals surface area contributed by atoms with Gasteiger partial charge in [-0.15, -0.1) is 0 Å². The van der Waals surface area contributed by atoms with E-state index in [4.69, 9.17) is 4.98 Å². The SMILES string of the molecule is C1=CCCC(c2ccc(-c3cc(-c4ccccc4)cc(-c4ccc(-c5cc(C6=CCNC=C6)nc(C6=CC=NCC6)c5)cc4)c3)cc2)=C1. The van der Waals surface area contributed by atoms with Crippen LogP contribution in [0, 0.1) is 0 Å². The maximum absolute atomic E-state index is 5.10. The van der Waals surface area contributed by atoms with Crippen molar-refractivity contribution in [3.8, 4) is 44.5 Å². The minimum atomic E-state index is 0.804. The molecule has 0 bridgehead atoms. The fourth-order valence-electron chi connectivity index (χ4n) is 6.69. The molecule has 0 unspecified atom stereocenters. The van der Waals surface area contributed by atoms with Crippen LogP contribution in [0.3, 0.4) is 0 Å². The van der Waals surface area contributed by atoms with Crippen LogP contribution in [-0.2, 0) is 0 Å². The second kappa shape index (κ2) is 13.5. The van der Waals surface area contributed by atoms with Crippen LogP contribution in [-0.4, -0.2) is 24.3 Å². The highest BCUT2D eigenvalue weighted by atomic mass is 14.8. The predicted octanol–water partition coefficient (Wildman–Crippen LogP) is 10.8. The summed E-state index contributed by atoms with van der Waals surface area (Å²) in [6.45, 7) is 1.61. The molecule has 4 aromatic carbocycles. The third-order valence-electron chi connectivity index (χ3n) is 9.36. The molecule has 0 fully saturated rings. The molecule has 1 N–H and O–H groups in total. The third-order valence-corrected chi connectivity index (χ3v) is 9.36. The Labute approximate surface area is 283 Å². The van der Waals surface area contributed by atoms with Crippen molar-refractivity contribution in [2.24, 2.45) is 4.99 Å². The van der Waals surface area contributed by atoms with Gasteiger partial charge in [0.15, 0.2) is 0 Å². The lowest BCUT2D eigenvalue weighted by Gasteiger charge is -2.15. The van der Waals surface area contributed by atoms with Crippen molar-refractivity contribution in [3.63, 3.8) is 0 Å². The molecule has 1 aromatic heterocycles. The van der Waals surface area contributed by atoms with Crippen molar-refractivity contribution in [3.05, 3.63) is 169 Å². The van der Waals surface area contributed by atoms with E-state index in [1.54, 1.807) is 0 Å². The number of nitrogens with zero attached hydrogens (tertiary/aromatic N) is 2. The lowest BCUT2D eigenvalue weighted by atomic mass is 9.91. The monoisotopic (exact) mass is 619 g/mol. The van der Waals surface area contributed by atoms with E-state index in [1.165, 1.54) is 61.2 Å². The molecule has 48 heavy (non-hydrogen) atoms. The molecule has 0 saturated carbocycles. The smallest absolute Gasteiger partial charge is 0.0713 e. The summed E-state index contributed by atoms with van der Waals surface area (Å²) in [4.78, 5) is 9.49. The van der Waals surface area contributed by atoms with E-state index in [9.17, 15) is 0 Å². The Balaban J connectivity index is 1.16. The first-order chi connectivity index (χ1) is 23.8. The second-order valence-corrected chi connectivity index (χ2v) is 12.5.